The molecule has 0 radical (unpaired) electrons. The molecule has 0 bridgehead atoms. The summed E-state index contributed by atoms with van der Waals surface area (Å²) in [7, 11) is 1.61. The second-order valence-corrected chi connectivity index (χ2v) is 7.19. The summed E-state index contributed by atoms with van der Waals surface area (Å²) in [5, 5.41) is 2.87. The summed E-state index contributed by atoms with van der Waals surface area (Å²) < 4.78 is 6.35. The van der Waals surface area contributed by atoms with Crippen molar-refractivity contribution in [2.75, 3.05) is 5.75 Å². The molecule has 4 rings (SSSR count). The maximum absolute atomic E-state index is 12.7. The van der Waals surface area contributed by atoms with E-state index in [0.29, 0.717) is 16.1 Å². The van der Waals surface area contributed by atoms with Crippen LogP contribution in [0, 0.1) is 0 Å². The topological polar surface area (TPSA) is 106 Å². The summed E-state index contributed by atoms with van der Waals surface area (Å²) in [4.78, 5) is 41.0. The van der Waals surface area contributed by atoms with Gasteiger partial charge in [0.05, 0.1) is 22.9 Å². The molecule has 2 N–H and O–H groups in total. The molecular weight excluding hydrogens is 392 g/mol. The Morgan fingerprint density at radius 2 is 1.86 bits per heavy atom. The molecule has 0 spiro atoms. The van der Waals surface area contributed by atoms with Gasteiger partial charge in [0.1, 0.15) is 0 Å². The highest BCUT2D eigenvalue weighted by Crippen LogP contribution is 2.22. The summed E-state index contributed by atoms with van der Waals surface area (Å²) in [5.74, 6) is -0.944. The lowest BCUT2D eigenvalue weighted by molar-refractivity contribution is -0.119. The average Bonchev–Trinajstić information content (AvgIpc) is 3.27. The summed E-state index contributed by atoms with van der Waals surface area (Å²) in [6, 6.07) is 14.5. The Morgan fingerprint density at radius 1 is 1.10 bits per heavy atom. The van der Waals surface area contributed by atoms with Gasteiger partial charge >= 0.3 is 5.91 Å². The minimum Gasteiger partial charge on any atom is -0.459 e. The van der Waals surface area contributed by atoms with Crippen molar-refractivity contribution in [3.8, 4) is 0 Å². The van der Waals surface area contributed by atoms with Gasteiger partial charge in [-0.25, -0.2) is 4.98 Å². The molecule has 0 aliphatic carbocycles. The van der Waals surface area contributed by atoms with E-state index in [-0.39, 0.29) is 17.1 Å². The third kappa shape index (κ3) is 3.85. The van der Waals surface area contributed by atoms with Crippen LogP contribution in [-0.2, 0) is 11.8 Å². The molecule has 146 valence electrons. The predicted molar refractivity (Wildman–Crippen MR) is 110 cm³/mol. The number of furan rings is 1. The van der Waals surface area contributed by atoms with Gasteiger partial charge in [0.15, 0.2) is 10.9 Å². The van der Waals surface area contributed by atoms with E-state index < -0.39 is 11.8 Å². The molecule has 9 heteroatoms. The van der Waals surface area contributed by atoms with E-state index in [9.17, 15) is 14.4 Å². The van der Waals surface area contributed by atoms with Crippen molar-refractivity contribution in [1.29, 1.82) is 0 Å². The van der Waals surface area contributed by atoms with Crippen LogP contribution in [0.15, 0.2) is 69.2 Å². The molecule has 0 saturated carbocycles. The van der Waals surface area contributed by atoms with Crippen LogP contribution >= 0.6 is 11.8 Å². The van der Waals surface area contributed by atoms with Gasteiger partial charge < -0.3 is 4.42 Å². The van der Waals surface area contributed by atoms with Crippen LogP contribution in [-0.4, -0.2) is 27.1 Å². The van der Waals surface area contributed by atoms with Gasteiger partial charge in [0, 0.05) is 7.05 Å². The summed E-state index contributed by atoms with van der Waals surface area (Å²) >= 11 is 1.10. The van der Waals surface area contributed by atoms with Gasteiger partial charge in [-0.1, -0.05) is 36.0 Å². The number of hydrogen-bond donors (Lipinski definition) is 2. The normalized spacial score (nSPS) is 10.9. The van der Waals surface area contributed by atoms with Gasteiger partial charge in [-0.05, 0) is 35.0 Å². The molecule has 29 heavy (non-hydrogen) atoms. The maximum atomic E-state index is 12.7. The number of nitrogens with one attached hydrogen (secondary N) is 2. The second kappa shape index (κ2) is 7.80. The zero-order chi connectivity index (χ0) is 20.4. The van der Waals surface area contributed by atoms with E-state index in [0.717, 1.165) is 22.5 Å². The Labute approximate surface area is 168 Å². The zero-order valence-electron chi connectivity index (χ0n) is 15.3. The van der Waals surface area contributed by atoms with Gasteiger partial charge in [0.2, 0.25) is 5.91 Å². The van der Waals surface area contributed by atoms with E-state index in [4.69, 9.17) is 4.42 Å². The van der Waals surface area contributed by atoms with Gasteiger partial charge in [-0.15, -0.1) is 0 Å². The highest BCUT2D eigenvalue weighted by molar-refractivity contribution is 7.99. The minimum absolute atomic E-state index is 0.0300. The predicted octanol–water partition coefficient (Wildman–Crippen LogP) is 2.23. The summed E-state index contributed by atoms with van der Waals surface area (Å²) in [6.07, 6.45) is 1.36. The number of carbonyl (C=O) groups excluding carboxylic acids is 2. The maximum Gasteiger partial charge on any atom is 0.305 e. The highest BCUT2D eigenvalue weighted by Gasteiger charge is 2.13. The van der Waals surface area contributed by atoms with Crippen LogP contribution in [0.3, 0.4) is 0 Å². The Kier molecular flexibility index (Phi) is 5.05. The summed E-state index contributed by atoms with van der Waals surface area (Å²) in [6.45, 7) is 0. The van der Waals surface area contributed by atoms with Crippen molar-refractivity contribution in [2.45, 2.75) is 5.16 Å². The van der Waals surface area contributed by atoms with Crippen LogP contribution in [0.5, 0.6) is 0 Å². The number of amides is 2. The summed E-state index contributed by atoms with van der Waals surface area (Å²) in [5.41, 5.74) is 4.95. The fraction of sp³-hybridized carbons (Fsp3) is 0.100. The first-order valence-corrected chi connectivity index (χ1v) is 9.66. The molecule has 0 fully saturated rings. The molecule has 2 heterocycles. The van der Waals surface area contributed by atoms with E-state index in [1.807, 2.05) is 36.4 Å². The Hall–Kier alpha value is -3.59. The number of benzene rings is 2. The van der Waals surface area contributed by atoms with E-state index >= 15 is 0 Å². The number of hydrogen-bond acceptors (Lipinski definition) is 6. The smallest absolute Gasteiger partial charge is 0.305 e. The van der Waals surface area contributed by atoms with Gasteiger partial charge in [-0.2, -0.15) is 0 Å². The van der Waals surface area contributed by atoms with Crippen molar-refractivity contribution in [3.63, 3.8) is 0 Å². The molecule has 2 aromatic carbocycles. The molecular formula is C20H16N4O4S. The first-order valence-electron chi connectivity index (χ1n) is 8.68. The first-order chi connectivity index (χ1) is 14.0. The van der Waals surface area contributed by atoms with Crippen LogP contribution in [0.4, 0.5) is 0 Å². The SMILES string of the molecule is Cn1c(SCC(=O)NNC(=O)c2ccco2)nc2cc3ccccc3cc2c1=O. The molecule has 0 saturated heterocycles. The number of nitrogens with zero attached hydrogens (tertiary/aromatic N) is 2. The molecule has 2 amide bonds. The first kappa shape index (κ1) is 18.8. The lowest BCUT2D eigenvalue weighted by Crippen LogP contribution is -2.42. The van der Waals surface area contributed by atoms with Crippen molar-refractivity contribution in [1.82, 2.24) is 20.4 Å². The second-order valence-electron chi connectivity index (χ2n) is 6.24. The van der Waals surface area contributed by atoms with Crippen LogP contribution in [0.1, 0.15) is 10.6 Å². The molecule has 8 nitrogen and oxygen atoms in total. The zero-order valence-corrected chi connectivity index (χ0v) is 16.2. The Morgan fingerprint density at radius 3 is 2.59 bits per heavy atom. The third-order valence-corrected chi connectivity index (χ3v) is 5.32. The van der Waals surface area contributed by atoms with E-state index in [1.165, 1.54) is 16.9 Å². The largest absolute Gasteiger partial charge is 0.459 e. The van der Waals surface area contributed by atoms with Crippen molar-refractivity contribution >= 4 is 45.3 Å². The average molecular weight is 408 g/mol. The van der Waals surface area contributed by atoms with Gasteiger partial charge in [0.25, 0.3) is 5.56 Å². The van der Waals surface area contributed by atoms with E-state index in [1.54, 1.807) is 13.1 Å². The highest BCUT2D eigenvalue weighted by atomic mass is 32.2. The third-order valence-electron chi connectivity index (χ3n) is 4.29. The number of fused-ring (bicyclic) bond motifs is 2. The Bertz CT molecular complexity index is 1280. The lowest BCUT2D eigenvalue weighted by Gasteiger charge is -2.10. The van der Waals surface area contributed by atoms with E-state index in [2.05, 4.69) is 15.8 Å². The number of carbonyl (C=O) groups is 2. The molecule has 0 atom stereocenters. The minimum atomic E-state index is -0.559. The fourth-order valence-corrected chi connectivity index (χ4v) is 3.60. The van der Waals surface area contributed by atoms with Crippen LogP contribution in [0.2, 0.25) is 0 Å². The molecule has 0 aliphatic heterocycles. The Balaban J connectivity index is 1.49. The molecule has 0 unspecified atom stereocenters. The van der Waals surface area contributed by atoms with Crippen LogP contribution < -0.4 is 16.4 Å². The number of aromatic nitrogens is 2. The quantitative estimate of drug-likeness (QED) is 0.232. The van der Waals surface area contributed by atoms with Crippen molar-refractivity contribution < 1.29 is 14.0 Å². The van der Waals surface area contributed by atoms with Crippen LogP contribution in [0.25, 0.3) is 21.7 Å². The number of hydrazine groups is 1. The molecule has 4 aromatic rings. The molecule has 0 aliphatic rings. The standard InChI is InChI=1S/C20H16N4O4S/c1-24-19(27)14-9-12-5-2-3-6-13(12)10-15(14)21-20(24)29-11-17(25)22-23-18(26)16-7-4-8-28-16/h2-10H,11H2,1H3,(H,22,25)(H,23,26). The monoisotopic (exact) mass is 408 g/mol. The lowest BCUT2D eigenvalue weighted by atomic mass is 10.1. The molecule has 2 aromatic heterocycles. The fourth-order valence-electron chi connectivity index (χ4n) is 2.83. The van der Waals surface area contributed by atoms with Crippen molar-refractivity contribution in [2.24, 2.45) is 7.05 Å². The number of rotatable bonds is 4. The van der Waals surface area contributed by atoms with Gasteiger partial charge in [-0.3, -0.25) is 29.8 Å². The number of thioether (sulfide) groups is 1. The van der Waals surface area contributed by atoms with Crippen molar-refractivity contribution in [3.05, 3.63) is 70.9 Å².